The van der Waals surface area contributed by atoms with E-state index in [1.807, 2.05) is 24.3 Å². The summed E-state index contributed by atoms with van der Waals surface area (Å²) in [6, 6.07) is 7.07. The SMILES string of the molecule is CCCc1ccc([C@@]2(C)NC(=O)N(CC(=O)NCCOC)C2=O)cc1. The number of nitrogens with zero attached hydrogens (tertiary/aromatic N) is 1. The van der Waals surface area contributed by atoms with Gasteiger partial charge in [-0.1, -0.05) is 37.6 Å². The number of hydrogen-bond acceptors (Lipinski definition) is 4. The van der Waals surface area contributed by atoms with Crippen LogP contribution < -0.4 is 10.6 Å². The van der Waals surface area contributed by atoms with Crippen LogP contribution in [0.5, 0.6) is 0 Å². The highest BCUT2D eigenvalue weighted by Gasteiger charge is 2.49. The van der Waals surface area contributed by atoms with Gasteiger partial charge in [-0.3, -0.25) is 14.5 Å². The van der Waals surface area contributed by atoms with Crippen molar-refractivity contribution < 1.29 is 19.1 Å². The highest BCUT2D eigenvalue weighted by molar-refractivity contribution is 6.09. The highest BCUT2D eigenvalue weighted by Crippen LogP contribution is 2.29. The van der Waals surface area contributed by atoms with Gasteiger partial charge in [0.2, 0.25) is 5.91 Å². The molecule has 0 spiro atoms. The first-order valence-electron chi connectivity index (χ1n) is 8.41. The van der Waals surface area contributed by atoms with Crippen LogP contribution in [-0.2, 0) is 26.3 Å². The Morgan fingerprint density at radius 1 is 1.28 bits per heavy atom. The molecule has 1 heterocycles. The standard InChI is InChI=1S/C18H25N3O4/c1-4-5-13-6-8-14(9-7-13)18(2)16(23)21(17(24)20-18)12-15(22)19-10-11-25-3/h6-9H,4-5,10-12H2,1-3H3,(H,19,22)(H,20,24)/t18-/m1/s1. The molecular formula is C18H25N3O4. The van der Waals surface area contributed by atoms with Crippen LogP contribution >= 0.6 is 0 Å². The monoisotopic (exact) mass is 347 g/mol. The molecule has 2 rings (SSSR count). The van der Waals surface area contributed by atoms with E-state index in [0.717, 1.165) is 17.7 Å². The molecule has 0 bridgehead atoms. The second kappa shape index (κ2) is 8.11. The molecule has 136 valence electrons. The predicted molar refractivity (Wildman–Crippen MR) is 92.9 cm³/mol. The van der Waals surface area contributed by atoms with E-state index >= 15 is 0 Å². The molecule has 1 aromatic rings. The van der Waals surface area contributed by atoms with Crippen molar-refractivity contribution in [2.45, 2.75) is 32.2 Å². The second-order valence-corrected chi connectivity index (χ2v) is 6.24. The number of benzene rings is 1. The van der Waals surface area contributed by atoms with E-state index in [1.165, 1.54) is 12.7 Å². The minimum atomic E-state index is -1.16. The molecule has 0 saturated carbocycles. The molecule has 1 aromatic carbocycles. The van der Waals surface area contributed by atoms with Gasteiger partial charge >= 0.3 is 6.03 Å². The fourth-order valence-electron chi connectivity index (χ4n) is 2.82. The number of carbonyl (C=O) groups is 3. The van der Waals surface area contributed by atoms with E-state index in [-0.39, 0.29) is 6.54 Å². The van der Waals surface area contributed by atoms with Gasteiger partial charge in [0, 0.05) is 13.7 Å². The number of urea groups is 1. The molecule has 1 aliphatic heterocycles. The summed E-state index contributed by atoms with van der Waals surface area (Å²) >= 11 is 0. The molecule has 1 saturated heterocycles. The van der Waals surface area contributed by atoms with Crippen molar-refractivity contribution in [3.8, 4) is 0 Å². The maximum absolute atomic E-state index is 12.8. The number of carbonyl (C=O) groups excluding carboxylic acids is 3. The molecule has 7 heteroatoms. The van der Waals surface area contributed by atoms with Crippen molar-refractivity contribution >= 4 is 17.8 Å². The Hall–Kier alpha value is -2.41. The number of imide groups is 1. The molecule has 25 heavy (non-hydrogen) atoms. The molecule has 2 N–H and O–H groups in total. The molecule has 0 aromatic heterocycles. The van der Waals surface area contributed by atoms with E-state index < -0.39 is 23.4 Å². The summed E-state index contributed by atoms with van der Waals surface area (Å²) in [7, 11) is 1.53. The number of hydrogen-bond donors (Lipinski definition) is 2. The molecule has 0 unspecified atom stereocenters. The lowest BCUT2D eigenvalue weighted by Gasteiger charge is -2.22. The van der Waals surface area contributed by atoms with E-state index in [2.05, 4.69) is 17.6 Å². The topological polar surface area (TPSA) is 87.7 Å². The normalized spacial score (nSPS) is 19.9. The Labute approximate surface area is 147 Å². The number of aryl methyl sites for hydroxylation is 1. The van der Waals surface area contributed by atoms with Gasteiger partial charge in [-0.05, 0) is 24.5 Å². The van der Waals surface area contributed by atoms with Gasteiger partial charge in [-0.2, -0.15) is 0 Å². The fourth-order valence-corrected chi connectivity index (χ4v) is 2.82. The molecule has 7 nitrogen and oxygen atoms in total. The van der Waals surface area contributed by atoms with Gasteiger partial charge in [0.05, 0.1) is 6.61 Å². The van der Waals surface area contributed by atoms with Crippen molar-refractivity contribution in [1.29, 1.82) is 0 Å². The smallest absolute Gasteiger partial charge is 0.325 e. The van der Waals surface area contributed by atoms with Crippen molar-refractivity contribution in [2.75, 3.05) is 26.8 Å². The largest absolute Gasteiger partial charge is 0.383 e. The van der Waals surface area contributed by atoms with Gasteiger partial charge in [-0.15, -0.1) is 0 Å². The van der Waals surface area contributed by atoms with E-state index in [4.69, 9.17) is 4.74 Å². The van der Waals surface area contributed by atoms with Crippen LogP contribution in [0.25, 0.3) is 0 Å². The lowest BCUT2D eigenvalue weighted by Crippen LogP contribution is -2.43. The zero-order valence-electron chi connectivity index (χ0n) is 14.9. The highest BCUT2D eigenvalue weighted by atomic mass is 16.5. The summed E-state index contributed by atoms with van der Waals surface area (Å²) in [5, 5.41) is 5.31. The van der Waals surface area contributed by atoms with Crippen LogP contribution in [0.1, 0.15) is 31.4 Å². The molecule has 1 aliphatic rings. The molecule has 1 atom stereocenters. The molecular weight excluding hydrogens is 322 g/mol. The van der Waals surface area contributed by atoms with E-state index in [9.17, 15) is 14.4 Å². The maximum atomic E-state index is 12.8. The Balaban J connectivity index is 2.09. The molecule has 0 radical (unpaired) electrons. The van der Waals surface area contributed by atoms with Crippen LogP contribution in [-0.4, -0.2) is 49.6 Å². The van der Waals surface area contributed by atoms with Crippen LogP contribution in [0.2, 0.25) is 0 Å². The quantitative estimate of drug-likeness (QED) is 0.546. The van der Waals surface area contributed by atoms with Gasteiger partial charge in [0.15, 0.2) is 0 Å². The average Bonchev–Trinajstić information content (AvgIpc) is 2.80. The van der Waals surface area contributed by atoms with Crippen molar-refractivity contribution in [1.82, 2.24) is 15.5 Å². The average molecular weight is 347 g/mol. The molecule has 1 fully saturated rings. The van der Waals surface area contributed by atoms with Crippen molar-refractivity contribution in [2.24, 2.45) is 0 Å². The second-order valence-electron chi connectivity index (χ2n) is 6.24. The third-order valence-corrected chi connectivity index (χ3v) is 4.28. The number of ether oxygens (including phenoxy) is 1. The van der Waals surface area contributed by atoms with Crippen LogP contribution in [0.3, 0.4) is 0 Å². The molecule has 4 amide bonds. The third-order valence-electron chi connectivity index (χ3n) is 4.28. The summed E-state index contributed by atoms with van der Waals surface area (Å²) in [5.41, 5.74) is 0.725. The summed E-state index contributed by atoms with van der Waals surface area (Å²) in [6.45, 7) is 4.15. The summed E-state index contributed by atoms with van der Waals surface area (Å²) < 4.78 is 4.85. The minimum Gasteiger partial charge on any atom is -0.383 e. The summed E-state index contributed by atoms with van der Waals surface area (Å²) in [5.74, 6) is -0.828. The zero-order chi connectivity index (χ0) is 18.4. The maximum Gasteiger partial charge on any atom is 0.325 e. The number of methoxy groups -OCH3 is 1. The van der Waals surface area contributed by atoms with Crippen LogP contribution in [0, 0.1) is 0 Å². The lowest BCUT2D eigenvalue weighted by atomic mass is 9.91. The Bertz CT molecular complexity index is 644. The Morgan fingerprint density at radius 2 is 1.96 bits per heavy atom. The van der Waals surface area contributed by atoms with Gasteiger partial charge in [0.1, 0.15) is 12.1 Å². The van der Waals surface area contributed by atoms with E-state index in [0.29, 0.717) is 18.7 Å². The Morgan fingerprint density at radius 3 is 2.56 bits per heavy atom. The van der Waals surface area contributed by atoms with Gasteiger partial charge < -0.3 is 15.4 Å². The lowest BCUT2D eigenvalue weighted by molar-refractivity contribution is -0.134. The third kappa shape index (κ3) is 4.17. The summed E-state index contributed by atoms with van der Waals surface area (Å²) in [6.07, 6.45) is 2.00. The first-order valence-corrected chi connectivity index (χ1v) is 8.41. The zero-order valence-corrected chi connectivity index (χ0v) is 14.9. The number of rotatable bonds is 8. The number of amides is 4. The van der Waals surface area contributed by atoms with Crippen LogP contribution in [0.4, 0.5) is 4.79 Å². The Kier molecular flexibility index (Phi) is 6.14. The number of nitrogens with one attached hydrogen (secondary N) is 2. The van der Waals surface area contributed by atoms with Crippen molar-refractivity contribution in [3.63, 3.8) is 0 Å². The van der Waals surface area contributed by atoms with Gasteiger partial charge in [-0.25, -0.2) is 4.79 Å². The van der Waals surface area contributed by atoms with Gasteiger partial charge in [0.25, 0.3) is 5.91 Å². The van der Waals surface area contributed by atoms with Crippen LogP contribution in [0.15, 0.2) is 24.3 Å². The first kappa shape index (κ1) is 18.9. The van der Waals surface area contributed by atoms with E-state index in [1.54, 1.807) is 6.92 Å². The predicted octanol–water partition coefficient (Wildman–Crippen LogP) is 1.17. The fraction of sp³-hybridized carbons (Fsp3) is 0.500. The molecule has 0 aliphatic carbocycles. The minimum absolute atomic E-state index is 0.308. The summed E-state index contributed by atoms with van der Waals surface area (Å²) in [4.78, 5) is 37.8. The van der Waals surface area contributed by atoms with Crippen molar-refractivity contribution in [3.05, 3.63) is 35.4 Å². The first-order chi connectivity index (χ1) is 11.9.